The van der Waals surface area contributed by atoms with Gasteiger partial charge in [-0.25, -0.2) is 9.78 Å². The largest absolute Gasteiger partial charge is 0.481 e. The van der Waals surface area contributed by atoms with Gasteiger partial charge in [0.15, 0.2) is 0 Å². The smallest absolute Gasteiger partial charge is 0.357 e. The third-order valence-electron chi connectivity index (χ3n) is 5.40. The maximum atomic E-state index is 12.4. The van der Waals surface area contributed by atoms with Crippen molar-refractivity contribution in [3.8, 4) is 0 Å². The summed E-state index contributed by atoms with van der Waals surface area (Å²) in [6, 6.07) is 10.7. The van der Waals surface area contributed by atoms with Gasteiger partial charge in [-0.2, -0.15) is 0 Å². The van der Waals surface area contributed by atoms with Crippen molar-refractivity contribution in [2.75, 3.05) is 10.6 Å². The number of anilines is 3. The number of amides is 1. The van der Waals surface area contributed by atoms with E-state index in [2.05, 4.69) is 39.7 Å². The highest BCUT2D eigenvalue weighted by molar-refractivity contribution is 6.01. The number of rotatable bonds is 8. The molecule has 4 rings (SSSR count). The molecular weight excluding hydrogens is 442 g/mol. The van der Waals surface area contributed by atoms with Crippen LogP contribution in [0, 0.1) is 5.92 Å². The molecule has 2 aromatic heterocycles. The van der Waals surface area contributed by atoms with Crippen LogP contribution in [0.4, 0.5) is 17.4 Å². The van der Waals surface area contributed by atoms with Gasteiger partial charge in [0.2, 0.25) is 0 Å². The Hall–Kier alpha value is -4.28. The van der Waals surface area contributed by atoms with Crippen LogP contribution in [0.1, 0.15) is 59.3 Å². The zero-order valence-corrected chi connectivity index (χ0v) is 18.5. The number of aromatic nitrogens is 3. The summed E-state index contributed by atoms with van der Waals surface area (Å²) in [7, 11) is 0. The van der Waals surface area contributed by atoms with E-state index in [1.165, 1.54) is 23.9 Å². The van der Waals surface area contributed by atoms with Crippen molar-refractivity contribution < 1.29 is 28.6 Å². The van der Waals surface area contributed by atoms with Crippen LogP contribution in [0.15, 0.2) is 47.0 Å². The Kier molecular flexibility index (Phi) is 6.53. The lowest BCUT2D eigenvalue weighted by atomic mass is 9.82. The molecule has 1 saturated carbocycles. The van der Waals surface area contributed by atoms with Crippen molar-refractivity contribution >= 4 is 35.2 Å². The van der Waals surface area contributed by atoms with E-state index in [9.17, 15) is 14.4 Å². The number of nitrogens with one attached hydrogen (secondary N) is 2. The maximum absolute atomic E-state index is 12.4. The predicted octanol–water partition coefficient (Wildman–Crippen LogP) is 3.60. The summed E-state index contributed by atoms with van der Waals surface area (Å²) < 4.78 is 10.6. The first-order chi connectivity index (χ1) is 16.3. The van der Waals surface area contributed by atoms with Crippen molar-refractivity contribution in [3.05, 3.63) is 59.7 Å². The van der Waals surface area contributed by atoms with Crippen LogP contribution in [0.25, 0.3) is 0 Å². The fourth-order valence-corrected chi connectivity index (χ4v) is 3.29. The summed E-state index contributed by atoms with van der Waals surface area (Å²) in [6.45, 7) is 4.21. The Morgan fingerprint density at radius 2 is 1.76 bits per heavy atom. The van der Waals surface area contributed by atoms with Gasteiger partial charge in [-0.15, -0.1) is 5.10 Å². The molecule has 11 nitrogen and oxygen atoms in total. The molecule has 0 radical (unpaired) electrons. The Bertz CT molecular complexity index is 1180. The average molecular weight is 465 g/mol. The first kappa shape index (κ1) is 22.9. The monoisotopic (exact) mass is 465 g/mol. The van der Waals surface area contributed by atoms with Gasteiger partial charge in [0.1, 0.15) is 11.8 Å². The lowest BCUT2D eigenvalue weighted by Gasteiger charge is -2.31. The van der Waals surface area contributed by atoms with E-state index in [0.29, 0.717) is 24.4 Å². The van der Waals surface area contributed by atoms with Crippen molar-refractivity contribution in [3.63, 3.8) is 0 Å². The number of hydrogen-bond acceptors (Lipinski definition) is 9. The fraction of sp³-hybridized carbons (Fsp3) is 0.304. The summed E-state index contributed by atoms with van der Waals surface area (Å²) in [6.07, 6.45) is 1.45. The van der Waals surface area contributed by atoms with Crippen LogP contribution < -0.4 is 10.6 Å². The van der Waals surface area contributed by atoms with Crippen molar-refractivity contribution in [1.29, 1.82) is 0 Å². The van der Waals surface area contributed by atoms with Crippen molar-refractivity contribution in [1.82, 2.24) is 15.2 Å². The van der Waals surface area contributed by atoms with Crippen LogP contribution in [-0.2, 0) is 9.53 Å². The molecular formula is C23H23N5O6. The number of ether oxygens (including phenoxy) is 1. The number of nitrogens with zero attached hydrogens (tertiary/aromatic N) is 3. The van der Waals surface area contributed by atoms with Gasteiger partial charge in [-0.1, -0.05) is 31.1 Å². The van der Waals surface area contributed by atoms with Gasteiger partial charge < -0.3 is 24.9 Å². The number of benzene rings is 1. The van der Waals surface area contributed by atoms with E-state index in [1.807, 2.05) is 24.3 Å². The van der Waals surface area contributed by atoms with Crippen molar-refractivity contribution in [2.24, 2.45) is 5.92 Å². The van der Waals surface area contributed by atoms with Crippen LogP contribution in [-0.4, -0.2) is 44.2 Å². The van der Waals surface area contributed by atoms with Gasteiger partial charge in [0.05, 0.1) is 17.8 Å². The molecule has 11 heteroatoms. The molecule has 2 heterocycles. The summed E-state index contributed by atoms with van der Waals surface area (Å²) in [5, 5.41) is 21.9. The van der Waals surface area contributed by atoms with E-state index in [1.54, 1.807) is 0 Å². The molecule has 1 aliphatic rings. The van der Waals surface area contributed by atoms with E-state index >= 15 is 0 Å². The van der Waals surface area contributed by atoms with E-state index in [0.717, 1.165) is 5.69 Å². The van der Waals surface area contributed by atoms with Crippen molar-refractivity contribution in [2.45, 2.75) is 38.7 Å². The molecule has 1 fully saturated rings. The average Bonchev–Trinajstić information content (AvgIpc) is 3.25. The summed E-state index contributed by atoms with van der Waals surface area (Å²) in [5.74, 6) is -2.49. The Labute approximate surface area is 194 Å². The number of carbonyl (C=O) groups excluding carboxylic acids is 2. The number of carboxylic acids is 1. The molecule has 0 atom stereocenters. The molecule has 0 saturated heterocycles. The minimum absolute atomic E-state index is 0.0459. The highest BCUT2D eigenvalue weighted by Crippen LogP contribution is 2.30. The zero-order valence-electron chi connectivity index (χ0n) is 18.5. The second-order valence-corrected chi connectivity index (χ2v) is 8.23. The molecule has 0 bridgehead atoms. The normalized spacial score (nSPS) is 17.0. The SMILES string of the molecule is CC(C)c1ccc(Nc2nnc(C(=O)Nc3ccc(C(=O)O[C@H]4C[C@@H](C(=O)O)C4)nc3)o2)cc1. The summed E-state index contributed by atoms with van der Waals surface area (Å²) >= 11 is 0. The molecule has 176 valence electrons. The zero-order chi connectivity index (χ0) is 24.2. The third kappa shape index (κ3) is 5.37. The minimum atomic E-state index is -0.894. The van der Waals surface area contributed by atoms with Crippen LogP contribution >= 0.6 is 0 Å². The first-order valence-corrected chi connectivity index (χ1v) is 10.7. The lowest BCUT2D eigenvalue weighted by molar-refractivity contribution is -0.149. The summed E-state index contributed by atoms with van der Waals surface area (Å²) in [4.78, 5) is 39.3. The molecule has 1 amide bonds. The molecule has 0 aliphatic heterocycles. The number of esters is 1. The standard InChI is InChI=1S/C23H23N5O6/c1-12(2)13-3-5-15(6-4-13)26-23-28-27-20(34-23)19(29)25-16-7-8-18(24-11-16)22(32)33-17-9-14(10-17)21(30)31/h3-8,11-12,14,17H,9-10H2,1-2H3,(H,25,29)(H,26,28)(H,30,31)/t14-,17+. The number of pyridine rings is 1. The highest BCUT2D eigenvalue weighted by atomic mass is 16.5. The molecule has 1 aromatic carbocycles. The fourth-order valence-electron chi connectivity index (χ4n) is 3.29. The topological polar surface area (TPSA) is 157 Å². The molecule has 34 heavy (non-hydrogen) atoms. The quantitative estimate of drug-likeness (QED) is 0.420. The first-order valence-electron chi connectivity index (χ1n) is 10.7. The maximum Gasteiger partial charge on any atom is 0.357 e. The third-order valence-corrected chi connectivity index (χ3v) is 5.40. The Morgan fingerprint density at radius 3 is 2.38 bits per heavy atom. The van der Waals surface area contributed by atoms with E-state index < -0.39 is 29.9 Å². The number of hydrogen-bond donors (Lipinski definition) is 3. The number of aliphatic carboxylic acids is 1. The van der Waals surface area contributed by atoms with Gasteiger partial charge >= 0.3 is 29.8 Å². The lowest BCUT2D eigenvalue weighted by Crippen LogP contribution is -2.37. The van der Waals surface area contributed by atoms with Gasteiger partial charge in [-0.3, -0.25) is 9.59 Å². The van der Waals surface area contributed by atoms with Crippen LogP contribution in [0.3, 0.4) is 0 Å². The number of carboxylic acid groups (broad SMARTS) is 1. The van der Waals surface area contributed by atoms with Crippen LogP contribution in [0.5, 0.6) is 0 Å². The Balaban J connectivity index is 1.29. The van der Waals surface area contributed by atoms with Crippen LogP contribution in [0.2, 0.25) is 0 Å². The second-order valence-electron chi connectivity index (χ2n) is 8.23. The molecule has 0 spiro atoms. The second kappa shape index (κ2) is 9.69. The Morgan fingerprint density at radius 1 is 1.06 bits per heavy atom. The minimum Gasteiger partial charge on any atom is -0.481 e. The van der Waals surface area contributed by atoms with E-state index in [-0.39, 0.29) is 17.6 Å². The summed E-state index contributed by atoms with van der Waals surface area (Å²) in [5.41, 5.74) is 2.30. The molecule has 3 N–H and O–H groups in total. The van der Waals surface area contributed by atoms with E-state index in [4.69, 9.17) is 14.3 Å². The molecule has 0 unspecified atom stereocenters. The molecule has 1 aliphatic carbocycles. The van der Waals surface area contributed by atoms with Gasteiger partial charge in [-0.05, 0) is 48.6 Å². The molecule has 3 aromatic rings. The van der Waals surface area contributed by atoms with Gasteiger partial charge in [0, 0.05) is 5.69 Å². The predicted molar refractivity (Wildman–Crippen MR) is 120 cm³/mol. The number of carbonyl (C=O) groups is 3. The highest BCUT2D eigenvalue weighted by Gasteiger charge is 2.37. The van der Waals surface area contributed by atoms with Gasteiger partial charge in [0.25, 0.3) is 0 Å².